The number of ether oxygens (including phenoxy) is 2. The minimum absolute atomic E-state index is 0. The fourth-order valence-corrected chi connectivity index (χ4v) is 3.55. The summed E-state index contributed by atoms with van der Waals surface area (Å²) >= 11 is 0. The lowest BCUT2D eigenvalue weighted by atomic mass is 9.97. The fourth-order valence-electron chi connectivity index (χ4n) is 3.55. The topological polar surface area (TPSA) is 76.3 Å². The van der Waals surface area contributed by atoms with Crippen LogP contribution in [0.3, 0.4) is 0 Å². The van der Waals surface area contributed by atoms with Crippen LogP contribution in [0.4, 0.5) is 0 Å². The number of furan rings is 1. The van der Waals surface area contributed by atoms with E-state index in [1.807, 2.05) is 19.1 Å². The maximum Gasteiger partial charge on any atom is 0.309 e. The van der Waals surface area contributed by atoms with Gasteiger partial charge in [0, 0.05) is 45.1 Å². The molecule has 1 N–H and O–H groups in total. The first kappa shape index (κ1) is 23.0. The van der Waals surface area contributed by atoms with E-state index < -0.39 is 0 Å². The molecule has 8 heteroatoms. The Labute approximate surface area is 184 Å². The second-order valence-electron chi connectivity index (χ2n) is 7.16. The highest BCUT2D eigenvalue weighted by Gasteiger charge is 2.27. The molecule has 0 saturated carbocycles. The number of nitrogens with one attached hydrogen (secondary N) is 1. The molecular weight excluding hydrogens is 473 g/mol. The summed E-state index contributed by atoms with van der Waals surface area (Å²) in [5.41, 5.74) is 0. The lowest BCUT2D eigenvalue weighted by molar-refractivity contribution is -0.149. The number of halogens is 1. The Morgan fingerprint density at radius 1 is 1.36 bits per heavy atom. The third-order valence-corrected chi connectivity index (χ3v) is 5.17. The third kappa shape index (κ3) is 6.95. The van der Waals surface area contributed by atoms with Crippen LogP contribution < -0.4 is 5.32 Å². The number of nitrogens with zero attached hydrogens (tertiary/aromatic N) is 2. The standard InChI is InChI=1S/C20H31N3O4.HI/c1-2-26-19(24)17-6-10-23(11-7-17)20(22-14-16-8-13-25-15-16)21-9-5-18-4-3-12-27-18;/h3-4,12,16-17H,2,5-11,13-15H2,1H3,(H,21,22);1H. The molecule has 3 heterocycles. The number of carbonyl (C=O) groups is 1. The lowest BCUT2D eigenvalue weighted by Crippen LogP contribution is -2.47. The molecule has 2 saturated heterocycles. The summed E-state index contributed by atoms with van der Waals surface area (Å²) in [6.45, 7) is 7.12. The minimum Gasteiger partial charge on any atom is -0.469 e. The van der Waals surface area contributed by atoms with E-state index in [-0.39, 0.29) is 35.9 Å². The number of piperidine rings is 1. The van der Waals surface area contributed by atoms with Crippen molar-refractivity contribution < 1.29 is 18.7 Å². The summed E-state index contributed by atoms with van der Waals surface area (Å²) < 4.78 is 16.0. The van der Waals surface area contributed by atoms with Crippen LogP contribution in [-0.2, 0) is 20.7 Å². The van der Waals surface area contributed by atoms with Crippen molar-refractivity contribution in [3.8, 4) is 0 Å². The zero-order valence-electron chi connectivity index (χ0n) is 16.6. The molecule has 7 nitrogen and oxygen atoms in total. The molecule has 1 aromatic rings. The Kier molecular flexibility index (Phi) is 10.1. The molecule has 28 heavy (non-hydrogen) atoms. The van der Waals surface area contributed by atoms with Crippen LogP contribution in [-0.4, -0.2) is 62.8 Å². The van der Waals surface area contributed by atoms with Crippen LogP contribution in [0.1, 0.15) is 31.9 Å². The highest BCUT2D eigenvalue weighted by molar-refractivity contribution is 14.0. The van der Waals surface area contributed by atoms with Crippen molar-refractivity contribution >= 4 is 35.9 Å². The van der Waals surface area contributed by atoms with Crippen LogP contribution >= 0.6 is 24.0 Å². The van der Waals surface area contributed by atoms with E-state index in [9.17, 15) is 4.79 Å². The third-order valence-electron chi connectivity index (χ3n) is 5.17. The van der Waals surface area contributed by atoms with E-state index in [1.54, 1.807) is 6.26 Å². The van der Waals surface area contributed by atoms with Gasteiger partial charge in [-0.3, -0.25) is 9.79 Å². The molecule has 158 valence electrons. The Bertz CT molecular complexity index is 595. The molecule has 2 aliphatic heterocycles. The number of esters is 1. The predicted molar refractivity (Wildman–Crippen MR) is 118 cm³/mol. The molecule has 3 rings (SSSR count). The van der Waals surface area contributed by atoms with Gasteiger partial charge < -0.3 is 24.1 Å². The summed E-state index contributed by atoms with van der Waals surface area (Å²) in [6, 6.07) is 3.89. The van der Waals surface area contributed by atoms with Crippen LogP contribution in [0.5, 0.6) is 0 Å². The van der Waals surface area contributed by atoms with Crippen molar-refractivity contribution in [1.29, 1.82) is 0 Å². The smallest absolute Gasteiger partial charge is 0.309 e. The van der Waals surface area contributed by atoms with Gasteiger partial charge >= 0.3 is 5.97 Å². The summed E-state index contributed by atoms with van der Waals surface area (Å²) in [5.74, 6) is 2.34. The Hall–Kier alpha value is -1.29. The van der Waals surface area contributed by atoms with Gasteiger partial charge in [-0.25, -0.2) is 0 Å². The first-order valence-electron chi connectivity index (χ1n) is 10.1. The molecule has 0 bridgehead atoms. The Morgan fingerprint density at radius 3 is 2.82 bits per heavy atom. The fraction of sp³-hybridized carbons (Fsp3) is 0.700. The number of hydrogen-bond acceptors (Lipinski definition) is 5. The van der Waals surface area contributed by atoms with E-state index in [4.69, 9.17) is 18.9 Å². The average Bonchev–Trinajstić information content (AvgIpc) is 3.39. The highest BCUT2D eigenvalue weighted by atomic mass is 127. The quantitative estimate of drug-likeness (QED) is 0.266. The number of likely N-dealkylation sites (tertiary alicyclic amines) is 1. The molecule has 0 aromatic carbocycles. The van der Waals surface area contributed by atoms with Crippen molar-refractivity contribution in [2.24, 2.45) is 16.8 Å². The van der Waals surface area contributed by atoms with Gasteiger partial charge in [0.25, 0.3) is 0 Å². The predicted octanol–water partition coefficient (Wildman–Crippen LogP) is 2.70. The monoisotopic (exact) mass is 505 g/mol. The molecule has 2 fully saturated rings. The van der Waals surface area contributed by atoms with Crippen molar-refractivity contribution in [3.05, 3.63) is 24.2 Å². The van der Waals surface area contributed by atoms with Crippen LogP contribution in [0.25, 0.3) is 0 Å². The summed E-state index contributed by atoms with van der Waals surface area (Å²) in [4.78, 5) is 19.1. The van der Waals surface area contributed by atoms with Crippen LogP contribution in [0, 0.1) is 11.8 Å². The molecule has 0 spiro atoms. The Morgan fingerprint density at radius 2 is 2.18 bits per heavy atom. The van der Waals surface area contributed by atoms with E-state index in [0.717, 1.165) is 76.8 Å². The molecule has 0 aliphatic carbocycles. The number of hydrogen-bond donors (Lipinski definition) is 1. The molecule has 0 amide bonds. The van der Waals surface area contributed by atoms with Crippen molar-refractivity contribution in [2.45, 2.75) is 32.6 Å². The van der Waals surface area contributed by atoms with E-state index in [2.05, 4.69) is 10.2 Å². The van der Waals surface area contributed by atoms with Gasteiger partial charge in [-0.1, -0.05) is 0 Å². The minimum atomic E-state index is -0.0653. The maximum absolute atomic E-state index is 12.0. The van der Waals surface area contributed by atoms with Crippen molar-refractivity contribution in [1.82, 2.24) is 10.2 Å². The van der Waals surface area contributed by atoms with Gasteiger partial charge in [-0.05, 0) is 38.3 Å². The number of guanidine groups is 1. The summed E-state index contributed by atoms with van der Waals surface area (Å²) in [6.07, 6.45) is 5.21. The summed E-state index contributed by atoms with van der Waals surface area (Å²) in [7, 11) is 0. The van der Waals surface area contributed by atoms with Gasteiger partial charge in [0.1, 0.15) is 5.76 Å². The van der Waals surface area contributed by atoms with Gasteiger partial charge in [0.2, 0.25) is 0 Å². The SMILES string of the molecule is CCOC(=O)C1CCN(C(=NCC2CCOC2)NCCc2ccco2)CC1.I. The second-order valence-corrected chi connectivity index (χ2v) is 7.16. The maximum atomic E-state index is 12.0. The molecule has 0 radical (unpaired) electrons. The van der Waals surface area contributed by atoms with Gasteiger partial charge in [-0.15, -0.1) is 24.0 Å². The number of rotatable bonds is 7. The zero-order valence-corrected chi connectivity index (χ0v) is 18.9. The summed E-state index contributed by atoms with van der Waals surface area (Å²) in [5, 5.41) is 3.48. The molecule has 1 unspecified atom stereocenters. The van der Waals surface area contributed by atoms with Crippen molar-refractivity contribution in [2.75, 3.05) is 46.0 Å². The first-order valence-corrected chi connectivity index (χ1v) is 10.1. The van der Waals surface area contributed by atoms with Gasteiger partial charge in [-0.2, -0.15) is 0 Å². The normalized spacial score (nSPS) is 20.7. The van der Waals surface area contributed by atoms with Gasteiger partial charge in [0.15, 0.2) is 5.96 Å². The van der Waals surface area contributed by atoms with Crippen LogP contribution in [0.2, 0.25) is 0 Å². The number of carbonyl (C=O) groups excluding carboxylic acids is 1. The highest BCUT2D eigenvalue weighted by Crippen LogP contribution is 2.19. The molecule has 1 atom stereocenters. The molecule has 2 aliphatic rings. The Balaban J connectivity index is 0.00000280. The molecular formula is C20H32IN3O4. The van der Waals surface area contributed by atoms with Crippen molar-refractivity contribution in [3.63, 3.8) is 0 Å². The van der Waals surface area contributed by atoms with E-state index in [1.165, 1.54) is 0 Å². The van der Waals surface area contributed by atoms with E-state index in [0.29, 0.717) is 12.5 Å². The average molecular weight is 505 g/mol. The molecule has 1 aromatic heterocycles. The first-order chi connectivity index (χ1) is 13.3. The lowest BCUT2D eigenvalue weighted by Gasteiger charge is -2.33. The number of aliphatic imine (C=N–C) groups is 1. The van der Waals surface area contributed by atoms with Gasteiger partial charge in [0.05, 0.1) is 25.4 Å². The zero-order chi connectivity index (χ0) is 18.9. The van der Waals surface area contributed by atoms with Crippen LogP contribution in [0.15, 0.2) is 27.8 Å². The van der Waals surface area contributed by atoms with E-state index >= 15 is 0 Å². The second kappa shape index (κ2) is 12.3. The largest absolute Gasteiger partial charge is 0.469 e.